The molecule has 2 N–H and O–H groups in total. The highest BCUT2D eigenvalue weighted by Gasteiger charge is 2.45. The van der Waals surface area contributed by atoms with E-state index in [0.717, 1.165) is 28.5 Å². The van der Waals surface area contributed by atoms with Gasteiger partial charge in [0, 0.05) is 27.1 Å². The monoisotopic (exact) mass is 387 g/mol. The Kier molecular flexibility index (Phi) is 4.84. The molecular weight excluding hydrogens is 366 g/mol. The summed E-state index contributed by atoms with van der Waals surface area (Å²) in [5.74, 6) is 0.794. The molecule has 1 aromatic carbocycles. The number of carbonyl (C=O) groups is 1. The topological polar surface area (TPSA) is 53.5 Å². The first-order chi connectivity index (χ1) is 12.6. The van der Waals surface area contributed by atoms with Gasteiger partial charge in [-0.2, -0.15) is 0 Å². The second-order valence-electron chi connectivity index (χ2n) is 7.19. The van der Waals surface area contributed by atoms with Crippen LogP contribution < -0.4 is 10.6 Å². The molecule has 0 bridgehead atoms. The summed E-state index contributed by atoms with van der Waals surface area (Å²) >= 11 is 7.60. The number of fused-ring (bicyclic) bond motifs is 1. The molecule has 1 atom stereocenters. The number of thioether (sulfide) groups is 1. The van der Waals surface area contributed by atoms with Gasteiger partial charge in [0.2, 0.25) is 0 Å². The molecule has 1 saturated carbocycles. The molecule has 0 aromatic heterocycles. The van der Waals surface area contributed by atoms with E-state index in [1.807, 2.05) is 24.3 Å². The van der Waals surface area contributed by atoms with Gasteiger partial charge in [-0.15, -0.1) is 0 Å². The number of hydrogen-bond donors (Lipinski definition) is 2. The number of carbonyl (C=O) groups excluding carboxylic acids is 1. The Bertz CT molecular complexity index is 809. The third-order valence-corrected chi connectivity index (χ3v) is 6.84. The van der Waals surface area contributed by atoms with Crippen molar-refractivity contribution in [1.29, 1.82) is 0 Å². The number of rotatable bonds is 4. The van der Waals surface area contributed by atoms with Crippen LogP contribution in [-0.4, -0.2) is 17.8 Å². The SMILES string of the molecule is CC12C=CN=C1NC(C(=O)NC1CCCCC1)=C2Sc1ccc(Cl)cc1. The van der Waals surface area contributed by atoms with E-state index in [-0.39, 0.29) is 17.4 Å². The van der Waals surface area contributed by atoms with Crippen LogP contribution in [0.3, 0.4) is 0 Å². The molecule has 2 heterocycles. The number of hydrogen-bond acceptors (Lipinski definition) is 4. The van der Waals surface area contributed by atoms with Gasteiger partial charge in [-0.1, -0.05) is 42.6 Å². The van der Waals surface area contributed by atoms with Crippen molar-refractivity contribution in [3.8, 4) is 0 Å². The molecule has 0 saturated heterocycles. The number of amidine groups is 1. The highest BCUT2D eigenvalue weighted by molar-refractivity contribution is 8.03. The van der Waals surface area contributed by atoms with E-state index < -0.39 is 0 Å². The summed E-state index contributed by atoms with van der Waals surface area (Å²) in [7, 11) is 0. The Balaban J connectivity index is 1.62. The van der Waals surface area contributed by atoms with Crippen molar-refractivity contribution in [3.63, 3.8) is 0 Å². The second kappa shape index (κ2) is 7.12. The van der Waals surface area contributed by atoms with Crippen LogP contribution in [0.4, 0.5) is 0 Å². The molecule has 4 rings (SSSR count). The predicted molar refractivity (Wildman–Crippen MR) is 107 cm³/mol. The van der Waals surface area contributed by atoms with Gasteiger partial charge in [-0.3, -0.25) is 4.79 Å². The summed E-state index contributed by atoms with van der Waals surface area (Å²) < 4.78 is 0. The van der Waals surface area contributed by atoms with Gasteiger partial charge in [0.1, 0.15) is 11.5 Å². The normalized spacial score (nSPS) is 25.1. The minimum atomic E-state index is -0.371. The van der Waals surface area contributed by atoms with Gasteiger partial charge in [0.05, 0.1) is 5.41 Å². The molecule has 2 aliphatic heterocycles. The van der Waals surface area contributed by atoms with Crippen LogP contribution in [0.25, 0.3) is 0 Å². The van der Waals surface area contributed by atoms with Crippen LogP contribution in [0, 0.1) is 5.41 Å². The van der Waals surface area contributed by atoms with Crippen LogP contribution >= 0.6 is 23.4 Å². The Morgan fingerprint density at radius 1 is 1.27 bits per heavy atom. The molecule has 0 spiro atoms. The minimum Gasteiger partial charge on any atom is -0.348 e. The van der Waals surface area contributed by atoms with Crippen molar-refractivity contribution in [2.45, 2.75) is 50.0 Å². The Morgan fingerprint density at radius 3 is 2.73 bits per heavy atom. The van der Waals surface area contributed by atoms with Gasteiger partial charge < -0.3 is 10.6 Å². The summed E-state index contributed by atoms with van der Waals surface area (Å²) in [6.07, 6.45) is 9.64. The zero-order valence-corrected chi connectivity index (χ0v) is 16.3. The molecule has 4 nitrogen and oxygen atoms in total. The van der Waals surface area contributed by atoms with Gasteiger partial charge in [0.15, 0.2) is 0 Å². The fraction of sp³-hybridized carbons (Fsp3) is 0.400. The largest absolute Gasteiger partial charge is 0.348 e. The molecule has 6 heteroatoms. The van der Waals surface area contributed by atoms with E-state index in [0.29, 0.717) is 10.7 Å². The standard InChI is InChI=1S/C20H22ClN3OS/c1-20-11-12-22-19(20)24-16(18(25)23-14-5-3-2-4-6-14)17(20)26-15-9-7-13(21)8-10-15/h7-12,14H,2-6H2,1H3,(H,22,24)(H,23,25). The van der Waals surface area contributed by atoms with E-state index in [4.69, 9.17) is 11.6 Å². The zero-order valence-electron chi connectivity index (χ0n) is 14.7. The number of nitrogens with one attached hydrogen (secondary N) is 2. The van der Waals surface area contributed by atoms with Crippen molar-refractivity contribution in [1.82, 2.24) is 10.6 Å². The Morgan fingerprint density at radius 2 is 2.00 bits per heavy atom. The third-order valence-electron chi connectivity index (χ3n) is 5.25. The van der Waals surface area contributed by atoms with E-state index in [2.05, 4.69) is 28.6 Å². The van der Waals surface area contributed by atoms with Gasteiger partial charge in [0.25, 0.3) is 5.91 Å². The molecule has 26 heavy (non-hydrogen) atoms. The second-order valence-corrected chi connectivity index (χ2v) is 8.71. The number of halogens is 1. The average Bonchev–Trinajstić information content (AvgIpc) is 3.13. The number of nitrogens with zero attached hydrogens (tertiary/aromatic N) is 1. The summed E-state index contributed by atoms with van der Waals surface area (Å²) in [4.78, 5) is 19.5. The highest BCUT2D eigenvalue weighted by atomic mass is 35.5. The van der Waals surface area contributed by atoms with Crippen molar-refractivity contribution >= 4 is 35.1 Å². The minimum absolute atomic E-state index is 0.0277. The molecular formula is C20H22ClN3OS. The smallest absolute Gasteiger partial charge is 0.268 e. The lowest BCUT2D eigenvalue weighted by Gasteiger charge is -2.23. The molecule has 3 aliphatic rings. The number of aliphatic imine (C=N–C) groups is 1. The zero-order chi connectivity index (χ0) is 18.1. The molecule has 1 fully saturated rings. The molecule has 1 aliphatic carbocycles. The van der Waals surface area contributed by atoms with Crippen LogP contribution in [-0.2, 0) is 4.79 Å². The maximum absolute atomic E-state index is 13.0. The maximum Gasteiger partial charge on any atom is 0.268 e. The van der Waals surface area contributed by atoms with Gasteiger partial charge >= 0.3 is 0 Å². The summed E-state index contributed by atoms with van der Waals surface area (Å²) in [5.41, 5.74) is 0.255. The third kappa shape index (κ3) is 3.30. The van der Waals surface area contributed by atoms with Crippen molar-refractivity contribution in [3.05, 3.63) is 52.2 Å². The lowest BCUT2D eigenvalue weighted by atomic mass is 9.91. The molecule has 0 radical (unpaired) electrons. The fourth-order valence-electron chi connectivity index (χ4n) is 3.70. The summed E-state index contributed by atoms with van der Waals surface area (Å²) in [6.45, 7) is 2.10. The van der Waals surface area contributed by atoms with Crippen molar-refractivity contribution in [2.75, 3.05) is 0 Å². The molecule has 1 amide bonds. The molecule has 136 valence electrons. The Labute approximate surface area is 163 Å². The lowest BCUT2D eigenvalue weighted by molar-refractivity contribution is -0.118. The predicted octanol–water partition coefficient (Wildman–Crippen LogP) is 4.63. The number of benzene rings is 1. The molecule has 1 aromatic rings. The van der Waals surface area contributed by atoms with E-state index in [9.17, 15) is 4.79 Å². The van der Waals surface area contributed by atoms with Gasteiger partial charge in [-0.25, -0.2) is 4.99 Å². The summed E-state index contributed by atoms with van der Waals surface area (Å²) in [6, 6.07) is 7.98. The van der Waals surface area contributed by atoms with Crippen LogP contribution in [0.2, 0.25) is 5.02 Å². The first kappa shape index (κ1) is 17.7. The van der Waals surface area contributed by atoms with E-state index in [1.165, 1.54) is 19.3 Å². The van der Waals surface area contributed by atoms with Crippen LogP contribution in [0.15, 0.2) is 57.0 Å². The Hall–Kier alpha value is -1.72. The number of amides is 1. The lowest BCUT2D eigenvalue weighted by Crippen LogP contribution is -2.40. The first-order valence-electron chi connectivity index (χ1n) is 9.08. The van der Waals surface area contributed by atoms with Gasteiger partial charge in [-0.05, 0) is 50.1 Å². The van der Waals surface area contributed by atoms with Crippen molar-refractivity contribution < 1.29 is 4.79 Å². The molecule has 1 unspecified atom stereocenters. The average molecular weight is 388 g/mol. The summed E-state index contributed by atoms with van der Waals surface area (Å²) in [5, 5.41) is 7.20. The highest BCUT2D eigenvalue weighted by Crippen LogP contribution is 2.48. The first-order valence-corrected chi connectivity index (χ1v) is 10.3. The van der Waals surface area contributed by atoms with Crippen LogP contribution in [0.1, 0.15) is 39.0 Å². The maximum atomic E-state index is 13.0. The fourth-order valence-corrected chi connectivity index (χ4v) is 4.95. The van der Waals surface area contributed by atoms with Crippen LogP contribution in [0.5, 0.6) is 0 Å². The van der Waals surface area contributed by atoms with E-state index >= 15 is 0 Å². The van der Waals surface area contributed by atoms with E-state index in [1.54, 1.807) is 18.0 Å². The quantitative estimate of drug-likeness (QED) is 0.792. The van der Waals surface area contributed by atoms with Crippen molar-refractivity contribution in [2.24, 2.45) is 10.4 Å².